The molecule has 8 nitrogen and oxygen atoms in total. The van der Waals surface area contributed by atoms with Gasteiger partial charge in [-0.05, 0) is 18.9 Å². The average Bonchev–Trinajstić information content (AvgIpc) is 2.91. The lowest BCUT2D eigenvalue weighted by Crippen LogP contribution is -2.18. The van der Waals surface area contributed by atoms with Crippen LogP contribution in [0, 0.1) is 10.1 Å². The topological polar surface area (TPSA) is 124 Å². The Kier molecular flexibility index (Phi) is 5.21. The molecule has 1 amide bonds. The smallest absolute Gasteiger partial charge is 0.378 e. The summed E-state index contributed by atoms with van der Waals surface area (Å²) in [6, 6.07) is 2.07. The molecule has 0 aromatic carbocycles. The third-order valence-corrected chi connectivity index (χ3v) is 4.06. The van der Waals surface area contributed by atoms with E-state index in [0.29, 0.717) is 24.2 Å². The van der Waals surface area contributed by atoms with Crippen molar-refractivity contribution in [1.82, 2.24) is 9.97 Å². The van der Waals surface area contributed by atoms with Crippen LogP contribution in [-0.4, -0.2) is 20.8 Å². The molecule has 0 aliphatic rings. The Hall–Kier alpha value is -2.76. The first-order valence-corrected chi connectivity index (χ1v) is 7.74. The zero-order chi connectivity index (χ0) is 18.8. The third kappa shape index (κ3) is 4.21. The SMILES string of the molecule is CCCc1nc(C(F)(F)F)c(C(=O)Nc2ccc([N+](=O)[O-])c(N)n2)s1. The molecular weight excluding hydrogens is 363 g/mol. The van der Waals surface area contributed by atoms with Crippen LogP contribution in [0.1, 0.15) is 33.7 Å². The quantitative estimate of drug-likeness (QED) is 0.611. The van der Waals surface area contributed by atoms with E-state index in [-0.39, 0.29) is 10.8 Å². The Labute approximate surface area is 143 Å². The number of pyridine rings is 1. The highest BCUT2D eigenvalue weighted by Gasteiger charge is 2.39. The molecule has 12 heteroatoms. The second-order valence-electron chi connectivity index (χ2n) is 4.85. The highest BCUT2D eigenvalue weighted by molar-refractivity contribution is 7.14. The normalized spacial score (nSPS) is 11.4. The number of amides is 1. The number of carbonyl (C=O) groups excluding carboxylic acids is 1. The molecule has 0 unspecified atom stereocenters. The van der Waals surface area contributed by atoms with Gasteiger partial charge in [0.25, 0.3) is 5.91 Å². The van der Waals surface area contributed by atoms with Gasteiger partial charge in [-0.25, -0.2) is 9.97 Å². The number of hydrogen-bond acceptors (Lipinski definition) is 7. The Balaban J connectivity index is 2.32. The van der Waals surface area contributed by atoms with E-state index in [1.54, 1.807) is 6.92 Å². The van der Waals surface area contributed by atoms with Crippen LogP contribution in [-0.2, 0) is 12.6 Å². The number of halogens is 3. The van der Waals surface area contributed by atoms with Crippen LogP contribution in [0.2, 0.25) is 0 Å². The van der Waals surface area contributed by atoms with E-state index in [9.17, 15) is 28.1 Å². The van der Waals surface area contributed by atoms with E-state index in [0.717, 1.165) is 12.1 Å². The van der Waals surface area contributed by atoms with Crippen LogP contribution in [0.25, 0.3) is 0 Å². The van der Waals surface area contributed by atoms with Gasteiger partial charge >= 0.3 is 11.9 Å². The van der Waals surface area contributed by atoms with Crippen LogP contribution in [0.4, 0.5) is 30.5 Å². The van der Waals surface area contributed by atoms with E-state index < -0.39 is 39.1 Å². The lowest BCUT2D eigenvalue weighted by atomic mass is 10.3. The van der Waals surface area contributed by atoms with Gasteiger partial charge in [0.05, 0.1) is 9.93 Å². The number of anilines is 2. The van der Waals surface area contributed by atoms with Crippen molar-refractivity contribution in [2.24, 2.45) is 0 Å². The first kappa shape index (κ1) is 18.6. The average molecular weight is 375 g/mol. The molecule has 0 saturated heterocycles. The van der Waals surface area contributed by atoms with Crippen LogP contribution in [0.5, 0.6) is 0 Å². The van der Waals surface area contributed by atoms with Crippen molar-refractivity contribution in [2.45, 2.75) is 25.9 Å². The van der Waals surface area contributed by atoms with Gasteiger partial charge < -0.3 is 11.1 Å². The van der Waals surface area contributed by atoms with Gasteiger partial charge in [0.1, 0.15) is 10.7 Å². The molecule has 3 N–H and O–H groups in total. The Morgan fingerprint density at radius 3 is 2.60 bits per heavy atom. The highest BCUT2D eigenvalue weighted by Crippen LogP contribution is 2.35. The van der Waals surface area contributed by atoms with Crippen molar-refractivity contribution >= 4 is 34.6 Å². The standard InChI is InChI=1S/C13H12F3N5O3S/c1-2-3-8-20-10(13(14,15)16)9(25-8)12(22)19-7-5-4-6(21(23)24)11(17)18-7/h4-5H,2-3H2,1H3,(H3,17,18,19,22). The Morgan fingerprint density at radius 2 is 2.08 bits per heavy atom. The van der Waals surface area contributed by atoms with Crippen molar-refractivity contribution in [3.8, 4) is 0 Å². The minimum atomic E-state index is -4.78. The molecular formula is C13H12F3N5O3S. The zero-order valence-corrected chi connectivity index (χ0v) is 13.6. The third-order valence-electron chi connectivity index (χ3n) is 2.95. The number of rotatable bonds is 5. The maximum absolute atomic E-state index is 13.1. The van der Waals surface area contributed by atoms with Gasteiger partial charge in [-0.15, -0.1) is 11.3 Å². The number of alkyl halides is 3. The number of nitro groups is 1. The molecule has 0 saturated carbocycles. The van der Waals surface area contributed by atoms with Crippen LogP contribution in [0.15, 0.2) is 12.1 Å². The summed E-state index contributed by atoms with van der Waals surface area (Å²) in [5.74, 6) is -1.73. The fourth-order valence-electron chi connectivity index (χ4n) is 1.90. The largest absolute Gasteiger partial charge is 0.435 e. The molecule has 0 spiro atoms. The molecule has 0 aliphatic heterocycles. The van der Waals surface area contributed by atoms with Crippen molar-refractivity contribution in [3.63, 3.8) is 0 Å². The lowest BCUT2D eigenvalue weighted by molar-refractivity contribution is -0.384. The van der Waals surface area contributed by atoms with E-state index in [1.807, 2.05) is 0 Å². The number of hydrogen-bond donors (Lipinski definition) is 2. The minimum Gasteiger partial charge on any atom is -0.378 e. The molecule has 2 aromatic heterocycles. The Morgan fingerprint density at radius 1 is 1.40 bits per heavy atom. The predicted octanol–water partition coefficient (Wildman–Crippen LogP) is 3.25. The predicted molar refractivity (Wildman–Crippen MR) is 84.4 cm³/mol. The van der Waals surface area contributed by atoms with Crippen molar-refractivity contribution in [2.75, 3.05) is 11.1 Å². The summed E-state index contributed by atoms with van der Waals surface area (Å²) in [6.07, 6.45) is -3.90. The first-order chi connectivity index (χ1) is 11.6. The molecule has 25 heavy (non-hydrogen) atoms. The maximum Gasteiger partial charge on any atom is 0.435 e. The van der Waals surface area contributed by atoms with Crippen molar-refractivity contribution in [3.05, 3.63) is 37.8 Å². The summed E-state index contributed by atoms with van der Waals surface area (Å²) in [4.78, 5) is 28.6. The van der Waals surface area contributed by atoms with Gasteiger partial charge in [-0.3, -0.25) is 14.9 Å². The molecule has 2 aromatic rings. The van der Waals surface area contributed by atoms with E-state index in [1.165, 1.54) is 0 Å². The van der Waals surface area contributed by atoms with Crippen molar-refractivity contribution in [1.29, 1.82) is 0 Å². The van der Waals surface area contributed by atoms with Crippen LogP contribution in [0.3, 0.4) is 0 Å². The summed E-state index contributed by atoms with van der Waals surface area (Å²) < 4.78 is 39.2. The molecule has 0 aliphatic carbocycles. The number of aryl methyl sites for hydroxylation is 1. The number of nitrogens with two attached hydrogens (primary N) is 1. The molecule has 0 atom stereocenters. The summed E-state index contributed by atoms with van der Waals surface area (Å²) in [5.41, 5.74) is 3.64. The number of aromatic nitrogens is 2. The van der Waals surface area contributed by atoms with E-state index >= 15 is 0 Å². The summed E-state index contributed by atoms with van der Waals surface area (Å²) in [6.45, 7) is 1.78. The second-order valence-corrected chi connectivity index (χ2v) is 5.93. The number of carbonyl (C=O) groups is 1. The van der Waals surface area contributed by atoms with E-state index in [2.05, 4.69) is 15.3 Å². The van der Waals surface area contributed by atoms with Gasteiger partial charge in [0.15, 0.2) is 5.69 Å². The number of nitrogen functional groups attached to an aromatic ring is 1. The van der Waals surface area contributed by atoms with Crippen LogP contribution < -0.4 is 11.1 Å². The molecule has 2 heterocycles. The Bertz CT molecular complexity index is 822. The molecule has 0 bridgehead atoms. The number of thiazole rings is 1. The monoisotopic (exact) mass is 375 g/mol. The molecule has 2 rings (SSSR count). The fraction of sp³-hybridized carbons (Fsp3) is 0.308. The molecule has 134 valence electrons. The molecule has 0 radical (unpaired) electrons. The number of nitrogens with zero attached hydrogens (tertiary/aromatic N) is 3. The summed E-state index contributed by atoms with van der Waals surface area (Å²) >= 11 is 0.640. The lowest BCUT2D eigenvalue weighted by Gasteiger charge is -2.07. The number of nitrogens with one attached hydrogen (secondary N) is 1. The zero-order valence-electron chi connectivity index (χ0n) is 12.8. The highest BCUT2D eigenvalue weighted by atomic mass is 32.1. The first-order valence-electron chi connectivity index (χ1n) is 6.92. The van der Waals surface area contributed by atoms with Gasteiger partial charge in [-0.1, -0.05) is 6.92 Å². The summed E-state index contributed by atoms with van der Waals surface area (Å²) in [7, 11) is 0. The van der Waals surface area contributed by atoms with Crippen LogP contribution >= 0.6 is 11.3 Å². The summed E-state index contributed by atoms with van der Waals surface area (Å²) in [5, 5.41) is 13.0. The van der Waals surface area contributed by atoms with E-state index in [4.69, 9.17) is 5.73 Å². The maximum atomic E-state index is 13.1. The second kappa shape index (κ2) is 7.01. The molecule has 0 fully saturated rings. The fourth-order valence-corrected chi connectivity index (χ4v) is 2.98. The van der Waals surface area contributed by atoms with Gasteiger partial charge in [-0.2, -0.15) is 13.2 Å². The van der Waals surface area contributed by atoms with Crippen molar-refractivity contribution < 1.29 is 22.9 Å². The van der Waals surface area contributed by atoms with Gasteiger partial charge in [0.2, 0.25) is 5.82 Å². The van der Waals surface area contributed by atoms with Gasteiger partial charge in [0, 0.05) is 6.07 Å². The minimum absolute atomic E-state index is 0.191.